The van der Waals surface area contributed by atoms with Gasteiger partial charge in [-0.25, -0.2) is 22.0 Å². The fourth-order valence-electron chi connectivity index (χ4n) is 4.06. The maximum atomic E-state index is 13.2. The van der Waals surface area contributed by atoms with Gasteiger partial charge in [0.15, 0.2) is 0 Å². The molecule has 0 amide bonds. The lowest BCUT2D eigenvalue weighted by molar-refractivity contribution is -0.193. The molecule has 0 saturated carbocycles. The summed E-state index contributed by atoms with van der Waals surface area (Å²) in [6, 6.07) is 15.5. The van der Waals surface area contributed by atoms with Crippen molar-refractivity contribution in [1.29, 1.82) is 0 Å². The summed E-state index contributed by atoms with van der Waals surface area (Å²) in [4.78, 5) is 23.1. The number of piperazine rings is 1. The molecule has 0 bridgehead atoms. The van der Waals surface area contributed by atoms with Crippen LogP contribution in [0.5, 0.6) is 0 Å². The standard InChI is InChI=1S/C23H29N3O2S.2C2HF3O2/c1-18(2)25-15-13-24(14-16-25)17-20-5-4-6-23-22(20)11-12-26(23)29(27,28)21-9-7-19(3)8-10-21;2*3-2(4,5)1(6)7/h4-12,18H,13-17H2,1-3H3;2*(H,6,7). The van der Waals surface area contributed by atoms with Gasteiger partial charge in [0.25, 0.3) is 10.0 Å². The molecule has 0 unspecified atom stereocenters. The van der Waals surface area contributed by atoms with E-state index >= 15 is 0 Å². The molecule has 0 atom stereocenters. The summed E-state index contributed by atoms with van der Waals surface area (Å²) in [6.07, 6.45) is -8.49. The van der Waals surface area contributed by atoms with Gasteiger partial charge in [-0.05, 0) is 50.6 Å². The van der Waals surface area contributed by atoms with E-state index in [1.807, 2.05) is 37.3 Å². The Morgan fingerprint density at radius 1 is 0.837 bits per heavy atom. The number of rotatable bonds is 5. The number of aryl methyl sites for hydroxylation is 1. The second-order valence-corrected chi connectivity index (χ2v) is 11.6. The van der Waals surface area contributed by atoms with Crippen LogP contribution in [0.25, 0.3) is 10.9 Å². The number of carboxylic acids is 2. The Hall–Kier alpha value is -3.63. The first-order valence-electron chi connectivity index (χ1n) is 12.7. The lowest BCUT2D eigenvalue weighted by atomic mass is 10.1. The fourth-order valence-corrected chi connectivity index (χ4v) is 5.40. The molecule has 1 fully saturated rings. The van der Waals surface area contributed by atoms with Crippen LogP contribution < -0.4 is 0 Å². The van der Waals surface area contributed by atoms with E-state index < -0.39 is 34.3 Å². The van der Waals surface area contributed by atoms with Gasteiger partial charge in [0.05, 0.1) is 10.4 Å². The van der Waals surface area contributed by atoms with Gasteiger partial charge in [-0.15, -0.1) is 0 Å². The molecule has 2 N–H and O–H groups in total. The minimum absolute atomic E-state index is 0.316. The molecule has 0 aliphatic carbocycles. The second kappa shape index (κ2) is 14.2. The fraction of sp³-hybridized carbons (Fsp3) is 0.407. The molecule has 3 aromatic rings. The van der Waals surface area contributed by atoms with Crippen molar-refractivity contribution < 1.29 is 54.6 Å². The minimum Gasteiger partial charge on any atom is -0.475 e. The first-order chi connectivity index (χ1) is 19.7. The third kappa shape index (κ3) is 9.96. The van der Waals surface area contributed by atoms with Crippen molar-refractivity contribution in [3.63, 3.8) is 0 Å². The van der Waals surface area contributed by atoms with Gasteiger partial charge in [-0.2, -0.15) is 26.3 Å². The van der Waals surface area contributed by atoms with E-state index in [1.165, 1.54) is 9.54 Å². The van der Waals surface area contributed by atoms with Crippen LogP contribution in [0.3, 0.4) is 0 Å². The topological polar surface area (TPSA) is 120 Å². The number of alkyl halides is 6. The van der Waals surface area contributed by atoms with Crippen molar-refractivity contribution in [2.24, 2.45) is 0 Å². The van der Waals surface area contributed by atoms with Gasteiger partial charge in [-0.3, -0.25) is 9.80 Å². The average Bonchev–Trinajstić information content (AvgIpc) is 3.35. The number of halogens is 6. The number of carboxylic acid groups (broad SMARTS) is 2. The van der Waals surface area contributed by atoms with Crippen molar-refractivity contribution >= 4 is 32.9 Å². The molecule has 2 heterocycles. The number of carbonyl (C=O) groups is 2. The second-order valence-electron chi connectivity index (χ2n) is 9.79. The monoisotopic (exact) mass is 639 g/mol. The van der Waals surface area contributed by atoms with Crippen molar-refractivity contribution in [3.05, 3.63) is 65.9 Å². The first-order valence-corrected chi connectivity index (χ1v) is 14.2. The maximum absolute atomic E-state index is 13.2. The van der Waals surface area contributed by atoms with Crippen LogP contribution in [-0.4, -0.2) is 88.9 Å². The van der Waals surface area contributed by atoms with E-state index in [-0.39, 0.29) is 0 Å². The van der Waals surface area contributed by atoms with Gasteiger partial charge in [0.1, 0.15) is 0 Å². The Kier molecular flexibility index (Phi) is 11.8. The Morgan fingerprint density at radius 2 is 1.33 bits per heavy atom. The van der Waals surface area contributed by atoms with E-state index in [9.17, 15) is 34.8 Å². The number of fused-ring (bicyclic) bond motifs is 1. The number of nitrogens with zero attached hydrogens (tertiary/aromatic N) is 3. The Balaban J connectivity index is 0.000000384. The van der Waals surface area contributed by atoms with Crippen molar-refractivity contribution in [2.75, 3.05) is 26.2 Å². The molecule has 238 valence electrons. The molecule has 9 nitrogen and oxygen atoms in total. The van der Waals surface area contributed by atoms with Gasteiger partial charge < -0.3 is 10.2 Å². The lowest BCUT2D eigenvalue weighted by Gasteiger charge is -2.37. The number of benzene rings is 2. The van der Waals surface area contributed by atoms with Gasteiger partial charge in [-0.1, -0.05) is 29.8 Å². The molecule has 4 rings (SSSR count). The average molecular weight is 640 g/mol. The highest BCUT2D eigenvalue weighted by Crippen LogP contribution is 2.26. The van der Waals surface area contributed by atoms with E-state index in [1.54, 1.807) is 18.3 Å². The molecule has 1 aliphatic rings. The first kappa shape index (κ1) is 35.6. The molecular formula is C27H31F6N3O6S. The predicted octanol–water partition coefficient (Wildman–Crippen LogP) is 4.98. The molecule has 0 radical (unpaired) electrons. The van der Waals surface area contributed by atoms with Crippen LogP contribution >= 0.6 is 0 Å². The highest BCUT2D eigenvalue weighted by molar-refractivity contribution is 7.90. The van der Waals surface area contributed by atoms with Gasteiger partial charge >= 0.3 is 24.3 Å². The van der Waals surface area contributed by atoms with E-state index in [0.717, 1.165) is 49.2 Å². The van der Waals surface area contributed by atoms with E-state index in [4.69, 9.17) is 19.8 Å². The number of aliphatic carboxylic acids is 2. The normalized spacial score (nSPS) is 14.9. The quantitative estimate of drug-likeness (QED) is 0.376. The summed E-state index contributed by atoms with van der Waals surface area (Å²) < 4.78 is 91.2. The van der Waals surface area contributed by atoms with Crippen molar-refractivity contribution in [3.8, 4) is 0 Å². The van der Waals surface area contributed by atoms with Crippen LogP contribution in [0, 0.1) is 6.92 Å². The summed E-state index contributed by atoms with van der Waals surface area (Å²) in [6.45, 7) is 11.5. The highest BCUT2D eigenvalue weighted by Gasteiger charge is 2.38. The Bertz CT molecular complexity index is 1470. The molecule has 1 saturated heterocycles. The van der Waals surface area contributed by atoms with E-state index in [2.05, 4.69) is 29.7 Å². The summed E-state index contributed by atoms with van der Waals surface area (Å²) >= 11 is 0. The van der Waals surface area contributed by atoms with Gasteiger partial charge in [0, 0.05) is 50.3 Å². The van der Waals surface area contributed by atoms with Crippen LogP contribution in [0.4, 0.5) is 26.3 Å². The third-order valence-electron chi connectivity index (χ3n) is 6.38. The summed E-state index contributed by atoms with van der Waals surface area (Å²) in [5.74, 6) is -5.51. The van der Waals surface area contributed by atoms with Crippen molar-refractivity contribution in [2.45, 2.75) is 50.6 Å². The maximum Gasteiger partial charge on any atom is 0.490 e. The summed E-state index contributed by atoms with van der Waals surface area (Å²) in [5.41, 5.74) is 2.96. The minimum atomic E-state index is -5.08. The molecule has 1 aromatic heterocycles. The molecule has 43 heavy (non-hydrogen) atoms. The zero-order valence-electron chi connectivity index (χ0n) is 23.4. The largest absolute Gasteiger partial charge is 0.490 e. The molecule has 1 aliphatic heterocycles. The van der Waals surface area contributed by atoms with Crippen LogP contribution in [0.15, 0.2) is 59.6 Å². The SMILES string of the molecule is Cc1ccc(S(=O)(=O)n2ccc3c(CN4CCN(C(C)C)CC4)cccc32)cc1.O=C(O)C(F)(F)F.O=C(O)C(F)(F)F. The summed E-state index contributed by atoms with van der Waals surface area (Å²) in [5, 5.41) is 15.3. The molecule has 16 heteroatoms. The zero-order valence-corrected chi connectivity index (χ0v) is 24.2. The lowest BCUT2D eigenvalue weighted by Crippen LogP contribution is -2.48. The van der Waals surface area contributed by atoms with Crippen molar-refractivity contribution in [1.82, 2.24) is 13.8 Å². The molecular weight excluding hydrogens is 608 g/mol. The van der Waals surface area contributed by atoms with E-state index in [0.29, 0.717) is 10.9 Å². The smallest absolute Gasteiger partial charge is 0.475 e. The zero-order chi connectivity index (χ0) is 32.8. The highest BCUT2D eigenvalue weighted by atomic mass is 32.2. The van der Waals surface area contributed by atoms with Crippen LogP contribution in [0.1, 0.15) is 25.0 Å². The Morgan fingerprint density at radius 3 is 1.77 bits per heavy atom. The molecule has 0 spiro atoms. The molecule has 2 aromatic carbocycles. The van der Waals surface area contributed by atoms with Crippen LogP contribution in [0.2, 0.25) is 0 Å². The van der Waals surface area contributed by atoms with Gasteiger partial charge in [0.2, 0.25) is 0 Å². The Labute approximate surface area is 244 Å². The predicted molar refractivity (Wildman–Crippen MR) is 145 cm³/mol. The number of hydrogen-bond donors (Lipinski definition) is 2. The third-order valence-corrected chi connectivity index (χ3v) is 8.09. The number of aromatic nitrogens is 1. The van der Waals surface area contributed by atoms with Crippen LogP contribution in [-0.2, 0) is 26.2 Å². The summed E-state index contributed by atoms with van der Waals surface area (Å²) in [7, 11) is -3.61. The number of hydrogen-bond acceptors (Lipinski definition) is 6.